The van der Waals surface area contributed by atoms with E-state index in [0.717, 1.165) is 46.5 Å². The molecule has 5 nitrogen and oxygen atoms in total. The summed E-state index contributed by atoms with van der Waals surface area (Å²) in [7, 11) is 0. The van der Waals surface area contributed by atoms with E-state index in [-0.39, 0.29) is 19.1 Å². The first-order chi connectivity index (χ1) is 11.6. The maximum Gasteiger partial charge on any atom is 0.186 e. The van der Waals surface area contributed by atoms with Crippen LogP contribution in [0, 0.1) is 11.8 Å². The first-order valence-corrected chi connectivity index (χ1v) is 9.59. The summed E-state index contributed by atoms with van der Waals surface area (Å²) in [6.07, 6.45) is 0. The van der Waals surface area contributed by atoms with Crippen molar-refractivity contribution in [3.63, 3.8) is 0 Å². The molecule has 1 fully saturated rings. The Bertz CT molecular complexity index is 681. The Labute approximate surface area is 151 Å². The largest absolute Gasteiger partial charge is 0.396 e. The topological polar surface area (TPSA) is 59.8 Å². The predicted octanol–water partition coefficient (Wildman–Crippen LogP) is 2.31. The number of fused-ring (bicyclic) bond motifs is 1. The van der Waals surface area contributed by atoms with Crippen molar-refractivity contribution in [2.45, 2.75) is 6.92 Å². The first kappa shape index (κ1) is 17.9. The third kappa shape index (κ3) is 3.83. The highest BCUT2D eigenvalue weighted by atomic mass is 35.5. The SMILES string of the molecule is CCN(CCO)C[C@@H]1CN(c2nc3ccc(Cl)cc3s2)C[C@@H]1CO. The number of aliphatic hydroxyl groups excluding tert-OH is 2. The fourth-order valence-electron chi connectivity index (χ4n) is 3.38. The van der Waals surface area contributed by atoms with Gasteiger partial charge < -0.3 is 20.0 Å². The van der Waals surface area contributed by atoms with Crippen LogP contribution >= 0.6 is 22.9 Å². The van der Waals surface area contributed by atoms with E-state index in [4.69, 9.17) is 16.6 Å². The van der Waals surface area contributed by atoms with E-state index in [2.05, 4.69) is 16.7 Å². The standard InChI is InChI=1S/C17H24ClN3O2S/c1-2-20(5-6-22)8-12-9-21(10-13(12)11-23)17-19-15-4-3-14(18)7-16(15)24-17/h3-4,7,12-13,22-23H,2,5-6,8-11H2,1H3/t12-,13-/m1/s1. The summed E-state index contributed by atoms with van der Waals surface area (Å²) < 4.78 is 1.09. The lowest BCUT2D eigenvalue weighted by Gasteiger charge is -2.25. The zero-order chi connectivity index (χ0) is 17.1. The summed E-state index contributed by atoms with van der Waals surface area (Å²) in [4.78, 5) is 9.24. The van der Waals surface area contributed by atoms with E-state index in [1.54, 1.807) is 11.3 Å². The second-order valence-corrected chi connectivity index (χ2v) is 7.78. The van der Waals surface area contributed by atoms with Crippen molar-refractivity contribution in [2.24, 2.45) is 11.8 Å². The lowest BCUT2D eigenvalue weighted by atomic mass is 9.96. The molecule has 0 aliphatic carbocycles. The van der Waals surface area contributed by atoms with Crippen LogP contribution in [0.25, 0.3) is 10.2 Å². The van der Waals surface area contributed by atoms with Crippen LogP contribution in [0.4, 0.5) is 5.13 Å². The molecule has 0 bridgehead atoms. The molecule has 0 amide bonds. The summed E-state index contributed by atoms with van der Waals surface area (Å²) >= 11 is 7.72. The van der Waals surface area contributed by atoms with Crippen LogP contribution in [0.3, 0.4) is 0 Å². The molecule has 3 rings (SSSR count). The Hall–Kier alpha value is -0.920. The highest BCUT2D eigenvalue weighted by Crippen LogP contribution is 2.35. The van der Waals surface area contributed by atoms with Crippen molar-refractivity contribution in [1.82, 2.24) is 9.88 Å². The van der Waals surface area contributed by atoms with E-state index >= 15 is 0 Å². The Morgan fingerprint density at radius 3 is 2.83 bits per heavy atom. The lowest BCUT2D eigenvalue weighted by molar-refractivity contribution is 0.147. The number of anilines is 1. The van der Waals surface area contributed by atoms with Crippen LogP contribution in [0.2, 0.25) is 5.02 Å². The summed E-state index contributed by atoms with van der Waals surface area (Å²) in [5.74, 6) is 0.630. The molecule has 0 unspecified atom stereocenters. The molecule has 24 heavy (non-hydrogen) atoms. The molecule has 2 heterocycles. The molecule has 0 saturated carbocycles. The molecule has 2 atom stereocenters. The van der Waals surface area contributed by atoms with E-state index < -0.39 is 0 Å². The van der Waals surface area contributed by atoms with Gasteiger partial charge in [0.1, 0.15) is 0 Å². The number of halogens is 1. The fraction of sp³-hybridized carbons (Fsp3) is 0.588. The molecule has 2 aromatic rings. The van der Waals surface area contributed by atoms with E-state index in [0.29, 0.717) is 12.5 Å². The Morgan fingerprint density at radius 1 is 1.33 bits per heavy atom. The van der Waals surface area contributed by atoms with Gasteiger partial charge in [-0.25, -0.2) is 4.98 Å². The van der Waals surface area contributed by atoms with Gasteiger partial charge in [-0.15, -0.1) is 0 Å². The quantitative estimate of drug-likeness (QED) is 0.784. The minimum absolute atomic E-state index is 0.173. The minimum atomic E-state index is 0.173. The van der Waals surface area contributed by atoms with Gasteiger partial charge >= 0.3 is 0 Å². The summed E-state index contributed by atoms with van der Waals surface area (Å²) in [6.45, 7) is 6.68. The molecular formula is C17H24ClN3O2S. The fourth-order valence-corrected chi connectivity index (χ4v) is 4.64. The van der Waals surface area contributed by atoms with Crippen molar-refractivity contribution in [3.8, 4) is 0 Å². The first-order valence-electron chi connectivity index (χ1n) is 8.39. The van der Waals surface area contributed by atoms with Gasteiger partial charge in [-0.1, -0.05) is 29.9 Å². The molecule has 1 aliphatic heterocycles. The maximum absolute atomic E-state index is 9.76. The molecule has 0 radical (unpaired) electrons. The van der Waals surface area contributed by atoms with Gasteiger partial charge in [0, 0.05) is 43.7 Å². The molecule has 1 aliphatic rings. The van der Waals surface area contributed by atoms with E-state index in [1.807, 2.05) is 18.2 Å². The number of benzene rings is 1. The van der Waals surface area contributed by atoms with Crippen molar-refractivity contribution < 1.29 is 10.2 Å². The molecular weight excluding hydrogens is 346 g/mol. The monoisotopic (exact) mass is 369 g/mol. The van der Waals surface area contributed by atoms with Crippen LogP contribution in [0.15, 0.2) is 18.2 Å². The van der Waals surface area contributed by atoms with Crippen LogP contribution in [-0.2, 0) is 0 Å². The Morgan fingerprint density at radius 2 is 2.12 bits per heavy atom. The van der Waals surface area contributed by atoms with Gasteiger partial charge in [0.05, 0.1) is 16.8 Å². The summed E-state index contributed by atoms with van der Waals surface area (Å²) in [5, 5.41) is 20.7. The number of aliphatic hydroxyl groups is 2. The second kappa shape index (κ2) is 7.97. The zero-order valence-corrected chi connectivity index (χ0v) is 15.4. The van der Waals surface area contributed by atoms with Gasteiger partial charge in [-0.05, 0) is 30.7 Å². The third-order valence-electron chi connectivity index (χ3n) is 4.78. The highest BCUT2D eigenvalue weighted by molar-refractivity contribution is 7.22. The number of hydrogen-bond donors (Lipinski definition) is 2. The van der Waals surface area contributed by atoms with Crippen LogP contribution < -0.4 is 4.90 Å². The van der Waals surface area contributed by atoms with Gasteiger partial charge in [0.25, 0.3) is 0 Å². The average Bonchev–Trinajstić information content (AvgIpc) is 3.17. The van der Waals surface area contributed by atoms with Crippen LogP contribution in [-0.4, -0.2) is 66.0 Å². The van der Waals surface area contributed by atoms with Crippen molar-refractivity contribution >= 4 is 38.3 Å². The number of likely N-dealkylation sites (N-methyl/N-ethyl adjacent to an activating group) is 1. The Kier molecular flexibility index (Phi) is 5.94. The zero-order valence-electron chi connectivity index (χ0n) is 13.9. The second-order valence-electron chi connectivity index (χ2n) is 6.33. The van der Waals surface area contributed by atoms with Gasteiger partial charge in [0.2, 0.25) is 0 Å². The third-order valence-corrected chi connectivity index (χ3v) is 6.09. The van der Waals surface area contributed by atoms with Crippen molar-refractivity contribution in [3.05, 3.63) is 23.2 Å². The molecule has 7 heteroatoms. The molecule has 0 spiro atoms. The summed E-state index contributed by atoms with van der Waals surface area (Å²) in [6, 6.07) is 5.77. The minimum Gasteiger partial charge on any atom is -0.396 e. The van der Waals surface area contributed by atoms with Crippen LogP contribution in [0.1, 0.15) is 6.92 Å². The smallest absolute Gasteiger partial charge is 0.186 e. The molecule has 2 N–H and O–H groups in total. The van der Waals surface area contributed by atoms with Crippen molar-refractivity contribution in [1.29, 1.82) is 0 Å². The molecule has 1 aromatic carbocycles. The maximum atomic E-state index is 9.76. The Balaban J connectivity index is 1.74. The molecule has 132 valence electrons. The average molecular weight is 370 g/mol. The van der Waals surface area contributed by atoms with Crippen molar-refractivity contribution in [2.75, 3.05) is 50.8 Å². The lowest BCUT2D eigenvalue weighted by Crippen LogP contribution is -2.35. The molecule has 1 saturated heterocycles. The number of hydrogen-bond acceptors (Lipinski definition) is 6. The van der Waals surface area contributed by atoms with E-state index in [1.165, 1.54) is 0 Å². The number of thiazole rings is 1. The normalized spacial score (nSPS) is 21.3. The van der Waals surface area contributed by atoms with E-state index in [9.17, 15) is 10.2 Å². The predicted molar refractivity (Wildman–Crippen MR) is 100 cm³/mol. The highest BCUT2D eigenvalue weighted by Gasteiger charge is 2.34. The van der Waals surface area contributed by atoms with Crippen LogP contribution in [0.5, 0.6) is 0 Å². The van der Waals surface area contributed by atoms with Gasteiger partial charge in [-0.3, -0.25) is 0 Å². The number of aromatic nitrogens is 1. The van der Waals surface area contributed by atoms with Gasteiger partial charge in [-0.2, -0.15) is 0 Å². The molecule has 1 aromatic heterocycles. The summed E-state index contributed by atoms with van der Waals surface area (Å²) in [5.41, 5.74) is 0.971. The van der Waals surface area contributed by atoms with Gasteiger partial charge in [0.15, 0.2) is 5.13 Å². The number of rotatable bonds is 7. The number of nitrogens with zero attached hydrogens (tertiary/aromatic N) is 3.